The quantitative estimate of drug-likeness (QED) is 0.467. The minimum Gasteiger partial charge on any atom is -0.376 e. The summed E-state index contributed by atoms with van der Waals surface area (Å²) in [6.45, 7) is 14.2. The molecule has 1 aliphatic heterocycles. The third kappa shape index (κ3) is 7.64. The zero-order valence-electron chi connectivity index (χ0n) is 22.1. The summed E-state index contributed by atoms with van der Waals surface area (Å²) in [5.74, 6) is 0.165. The highest BCUT2D eigenvalue weighted by molar-refractivity contribution is 7.90. The highest BCUT2D eigenvalue weighted by Crippen LogP contribution is 2.25. The molecular formula is C27H41N3O4S. The van der Waals surface area contributed by atoms with Crippen LogP contribution in [0.5, 0.6) is 0 Å². The number of carbonyl (C=O) groups excluding carboxylic acids is 1. The molecule has 7 nitrogen and oxygen atoms in total. The van der Waals surface area contributed by atoms with Crippen molar-refractivity contribution in [2.24, 2.45) is 11.3 Å². The predicted octanol–water partition coefficient (Wildman–Crippen LogP) is 4.77. The summed E-state index contributed by atoms with van der Waals surface area (Å²) in [6.07, 6.45) is 3.99. The van der Waals surface area contributed by atoms with Gasteiger partial charge in [-0.2, -0.15) is 0 Å². The van der Waals surface area contributed by atoms with Gasteiger partial charge in [0.2, 0.25) is 20.9 Å². The van der Waals surface area contributed by atoms with E-state index in [1.807, 2.05) is 36.1 Å². The second-order valence-electron chi connectivity index (χ2n) is 11.4. The molecule has 0 bridgehead atoms. The molecule has 1 amide bonds. The van der Waals surface area contributed by atoms with Crippen molar-refractivity contribution in [3.8, 4) is 0 Å². The number of ether oxygens (including phenoxy) is 1. The summed E-state index contributed by atoms with van der Waals surface area (Å²) < 4.78 is 34.6. The SMILES string of the molecule is Cc1ccccc1CS(=O)(=O)c1ncc(CN(CC2CCCO2)C(=O)CC(C)(C)C)n1CC(C)C. The van der Waals surface area contributed by atoms with Crippen LogP contribution < -0.4 is 0 Å². The Morgan fingerprint density at radius 1 is 1.26 bits per heavy atom. The van der Waals surface area contributed by atoms with Crippen LogP contribution in [0.1, 0.15) is 70.7 Å². The predicted molar refractivity (Wildman–Crippen MR) is 138 cm³/mol. The maximum atomic E-state index is 13.5. The van der Waals surface area contributed by atoms with E-state index in [-0.39, 0.29) is 34.3 Å². The van der Waals surface area contributed by atoms with E-state index in [2.05, 4.69) is 39.6 Å². The van der Waals surface area contributed by atoms with E-state index in [0.29, 0.717) is 26.1 Å². The number of sulfone groups is 1. The van der Waals surface area contributed by atoms with Crippen molar-refractivity contribution in [3.05, 3.63) is 47.3 Å². The molecule has 8 heteroatoms. The average Bonchev–Trinajstić information content (AvgIpc) is 3.38. The second-order valence-corrected chi connectivity index (χ2v) is 13.3. The van der Waals surface area contributed by atoms with Crippen LogP contribution in [0.4, 0.5) is 0 Å². The van der Waals surface area contributed by atoms with E-state index >= 15 is 0 Å². The van der Waals surface area contributed by atoms with E-state index in [9.17, 15) is 13.2 Å². The van der Waals surface area contributed by atoms with Crippen LogP contribution in [0.2, 0.25) is 0 Å². The topological polar surface area (TPSA) is 81.5 Å². The summed E-state index contributed by atoms with van der Waals surface area (Å²) in [6, 6.07) is 7.52. The van der Waals surface area contributed by atoms with Crippen LogP contribution in [-0.4, -0.2) is 48.0 Å². The molecule has 0 aliphatic carbocycles. The van der Waals surface area contributed by atoms with E-state index in [0.717, 1.165) is 36.3 Å². The van der Waals surface area contributed by atoms with Crippen molar-refractivity contribution < 1.29 is 17.9 Å². The Hall–Kier alpha value is -2.19. The van der Waals surface area contributed by atoms with Gasteiger partial charge in [-0.15, -0.1) is 0 Å². The smallest absolute Gasteiger partial charge is 0.228 e. The fourth-order valence-electron chi connectivity index (χ4n) is 4.42. The molecule has 0 saturated carbocycles. The standard InChI is InChI=1S/C27H41N3O4S/c1-20(2)16-30-23(15-28-26(30)35(32,33)19-22-11-8-7-10-21(22)3)17-29(18-24-12-9-13-34-24)25(31)14-27(4,5)6/h7-8,10-11,15,20,24H,9,12-14,16-19H2,1-6H3. The molecule has 1 atom stereocenters. The van der Waals surface area contributed by atoms with Crippen LogP contribution in [0.3, 0.4) is 0 Å². The Bertz CT molecular complexity index is 1110. The van der Waals surface area contributed by atoms with Crippen LogP contribution in [0.25, 0.3) is 0 Å². The van der Waals surface area contributed by atoms with Crippen molar-refractivity contribution in [3.63, 3.8) is 0 Å². The van der Waals surface area contributed by atoms with Gasteiger partial charge in [-0.3, -0.25) is 4.79 Å². The number of imidazole rings is 1. The Morgan fingerprint density at radius 2 is 1.97 bits per heavy atom. The van der Waals surface area contributed by atoms with Gasteiger partial charge in [0.1, 0.15) is 0 Å². The molecule has 194 valence electrons. The second kappa shape index (κ2) is 11.2. The van der Waals surface area contributed by atoms with Gasteiger partial charge in [-0.1, -0.05) is 58.9 Å². The van der Waals surface area contributed by atoms with Crippen molar-refractivity contribution in [1.29, 1.82) is 0 Å². The van der Waals surface area contributed by atoms with Gasteiger partial charge in [0, 0.05) is 26.1 Å². The summed E-state index contributed by atoms with van der Waals surface area (Å²) in [7, 11) is -3.67. The monoisotopic (exact) mass is 503 g/mol. The first-order chi connectivity index (χ1) is 16.4. The average molecular weight is 504 g/mol. The first-order valence-electron chi connectivity index (χ1n) is 12.6. The molecule has 3 rings (SSSR count). The lowest BCUT2D eigenvalue weighted by atomic mass is 9.91. The largest absolute Gasteiger partial charge is 0.376 e. The van der Waals surface area contributed by atoms with Crippen LogP contribution in [0, 0.1) is 18.3 Å². The molecule has 0 radical (unpaired) electrons. The molecule has 0 spiro atoms. The van der Waals surface area contributed by atoms with Gasteiger partial charge < -0.3 is 14.2 Å². The number of benzene rings is 1. The lowest BCUT2D eigenvalue weighted by molar-refractivity contribution is -0.135. The minimum absolute atomic E-state index is 0.0182. The minimum atomic E-state index is -3.67. The Kier molecular flexibility index (Phi) is 8.81. The number of amides is 1. The number of hydrogen-bond acceptors (Lipinski definition) is 5. The van der Waals surface area contributed by atoms with Gasteiger partial charge >= 0.3 is 0 Å². The van der Waals surface area contributed by atoms with Crippen molar-refractivity contribution >= 4 is 15.7 Å². The molecular weight excluding hydrogens is 462 g/mol. The zero-order valence-corrected chi connectivity index (χ0v) is 22.9. The van der Waals surface area contributed by atoms with E-state index < -0.39 is 9.84 Å². The van der Waals surface area contributed by atoms with E-state index in [4.69, 9.17) is 4.74 Å². The highest BCUT2D eigenvalue weighted by atomic mass is 32.2. The molecule has 1 unspecified atom stereocenters. The van der Waals surface area contributed by atoms with Crippen LogP contribution >= 0.6 is 0 Å². The van der Waals surface area contributed by atoms with Crippen molar-refractivity contribution in [2.75, 3.05) is 13.2 Å². The Balaban J connectivity index is 1.93. The number of hydrogen-bond donors (Lipinski definition) is 0. The van der Waals surface area contributed by atoms with Gasteiger partial charge in [-0.25, -0.2) is 13.4 Å². The van der Waals surface area contributed by atoms with Crippen molar-refractivity contribution in [1.82, 2.24) is 14.5 Å². The fourth-order valence-corrected chi connectivity index (χ4v) is 6.02. The molecule has 1 aromatic carbocycles. The number of aromatic nitrogens is 2. The third-order valence-electron chi connectivity index (χ3n) is 6.17. The summed E-state index contributed by atoms with van der Waals surface area (Å²) in [4.78, 5) is 19.5. The van der Waals surface area contributed by atoms with Gasteiger partial charge in [0.25, 0.3) is 0 Å². The zero-order chi connectivity index (χ0) is 25.8. The fraction of sp³-hybridized carbons (Fsp3) is 0.630. The van der Waals surface area contributed by atoms with E-state index in [1.54, 1.807) is 10.8 Å². The number of aryl methyl sites for hydroxylation is 1. The van der Waals surface area contributed by atoms with E-state index in [1.165, 1.54) is 0 Å². The summed E-state index contributed by atoms with van der Waals surface area (Å²) in [5, 5.41) is 0.0739. The highest BCUT2D eigenvalue weighted by Gasteiger charge is 2.29. The number of nitrogens with zero attached hydrogens (tertiary/aromatic N) is 3. The first-order valence-corrected chi connectivity index (χ1v) is 14.2. The maximum Gasteiger partial charge on any atom is 0.228 e. The molecule has 2 heterocycles. The molecule has 0 N–H and O–H groups in total. The lowest BCUT2D eigenvalue weighted by Gasteiger charge is -2.29. The molecule has 1 aliphatic rings. The molecule has 35 heavy (non-hydrogen) atoms. The molecule has 1 aromatic heterocycles. The Labute approximate surface area is 210 Å². The van der Waals surface area contributed by atoms with Crippen molar-refractivity contribution in [2.45, 2.75) is 90.9 Å². The van der Waals surface area contributed by atoms with Gasteiger partial charge in [0.15, 0.2) is 0 Å². The van der Waals surface area contributed by atoms with Crippen LogP contribution in [0.15, 0.2) is 35.6 Å². The van der Waals surface area contributed by atoms with Gasteiger partial charge in [0.05, 0.1) is 30.3 Å². The lowest BCUT2D eigenvalue weighted by Crippen LogP contribution is -2.39. The number of carbonyl (C=O) groups is 1. The third-order valence-corrected chi connectivity index (χ3v) is 7.74. The molecule has 2 aromatic rings. The first kappa shape index (κ1) is 27.4. The van der Waals surface area contributed by atoms with Gasteiger partial charge in [-0.05, 0) is 42.2 Å². The molecule has 1 fully saturated rings. The number of rotatable bonds is 10. The van der Waals surface area contributed by atoms with Crippen LogP contribution in [-0.2, 0) is 38.2 Å². The summed E-state index contributed by atoms with van der Waals surface area (Å²) >= 11 is 0. The maximum absolute atomic E-state index is 13.5. The Morgan fingerprint density at radius 3 is 2.57 bits per heavy atom. The molecule has 1 saturated heterocycles. The normalized spacial score (nSPS) is 16.7. The summed E-state index contributed by atoms with van der Waals surface area (Å²) in [5.41, 5.74) is 2.30.